The average molecular weight is 240 g/mol. The Morgan fingerprint density at radius 1 is 1.59 bits per heavy atom. The molecule has 1 rings (SSSR count). The summed E-state index contributed by atoms with van der Waals surface area (Å²) < 4.78 is 18.2. The van der Waals surface area contributed by atoms with Crippen LogP contribution in [-0.2, 0) is 0 Å². The topological polar surface area (TPSA) is 64.3 Å². The Hall–Kier alpha value is -1.62. The first-order chi connectivity index (χ1) is 8.12. The SMILES string of the molecule is CCC(CN)NC(=O)c1ccc(OC)c(F)c1. The Balaban J connectivity index is 2.79. The highest BCUT2D eigenvalue weighted by atomic mass is 19.1. The highest BCUT2D eigenvalue weighted by molar-refractivity contribution is 5.94. The minimum atomic E-state index is -0.555. The van der Waals surface area contributed by atoms with Crippen molar-refractivity contribution in [1.29, 1.82) is 0 Å². The third kappa shape index (κ3) is 3.42. The quantitative estimate of drug-likeness (QED) is 0.815. The summed E-state index contributed by atoms with van der Waals surface area (Å²) in [6.07, 6.45) is 0.737. The lowest BCUT2D eigenvalue weighted by atomic mass is 10.1. The first-order valence-electron chi connectivity index (χ1n) is 5.46. The van der Waals surface area contributed by atoms with Gasteiger partial charge in [0.25, 0.3) is 5.91 Å². The normalized spacial score (nSPS) is 12.0. The maximum Gasteiger partial charge on any atom is 0.251 e. The highest BCUT2D eigenvalue weighted by Crippen LogP contribution is 2.17. The van der Waals surface area contributed by atoms with E-state index in [4.69, 9.17) is 10.5 Å². The molecule has 3 N–H and O–H groups in total. The Morgan fingerprint density at radius 3 is 2.76 bits per heavy atom. The van der Waals surface area contributed by atoms with E-state index in [0.717, 1.165) is 12.5 Å². The number of halogens is 1. The first-order valence-corrected chi connectivity index (χ1v) is 5.46. The zero-order chi connectivity index (χ0) is 12.8. The number of rotatable bonds is 5. The smallest absolute Gasteiger partial charge is 0.251 e. The largest absolute Gasteiger partial charge is 0.494 e. The molecule has 0 aliphatic rings. The average Bonchev–Trinajstić information content (AvgIpc) is 2.35. The van der Waals surface area contributed by atoms with Crippen molar-refractivity contribution in [2.24, 2.45) is 5.73 Å². The summed E-state index contributed by atoms with van der Waals surface area (Å²) in [5, 5.41) is 2.73. The fourth-order valence-electron chi connectivity index (χ4n) is 1.40. The van der Waals surface area contributed by atoms with Gasteiger partial charge in [-0.15, -0.1) is 0 Å². The van der Waals surface area contributed by atoms with Gasteiger partial charge in [0.05, 0.1) is 7.11 Å². The molecule has 1 aromatic rings. The molecule has 1 unspecified atom stereocenters. The third-order valence-corrected chi connectivity index (χ3v) is 2.53. The van der Waals surface area contributed by atoms with E-state index in [2.05, 4.69) is 5.32 Å². The van der Waals surface area contributed by atoms with E-state index < -0.39 is 5.82 Å². The van der Waals surface area contributed by atoms with Crippen LogP contribution in [0.3, 0.4) is 0 Å². The summed E-state index contributed by atoms with van der Waals surface area (Å²) in [5.74, 6) is -0.766. The Kier molecular flexibility index (Phi) is 4.90. The second kappa shape index (κ2) is 6.20. The van der Waals surface area contributed by atoms with Gasteiger partial charge in [0.1, 0.15) is 0 Å². The van der Waals surface area contributed by atoms with Crippen molar-refractivity contribution >= 4 is 5.91 Å². The van der Waals surface area contributed by atoms with Crippen LogP contribution in [0.15, 0.2) is 18.2 Å². The van der Waals surface area contributed by atoms with E-state index in [-0.39, 0.29) is 23.3 Å². The number of carbonyl (C=O) groups is 1. The molecule has 0 bridgehead atoms. The van der Waals surface area contributed by atoms with Crippen LogP contribution >= 0.6 is 0 Å². The minimum Gasteiger partial charge on any atom is -0.494 e. The van der Waals surface area contributed by atoms with Crippen LogP contribution in [0.2, 0.25) is 0 Å². The fraction of sp³-hybridized carbons (Fsp3) is 0.417. The molecule has 1 amide bonds. The summed E-state index contributed by atoms with van der Waals surface area (Å²) in [7, 11) is 1.37. The van der Waals surface area contributed by atoms with E-state index >= 15 is 0 Å². The Labute approximate surface area is 100.0 Å². The monoisotopic (exact) mass is 240 g/mol. The van der Waals surface area contributed by atoms with E-state index in [1.54, 1.807) is 0 Å². The number of amides is 1. The molecule has 1 aromatic carbocycles. The molecule has 0 aliphatic heterocycles. The number of nitrogens with two attached hydrogens (primary N) is 1. The fourth-order valence-corrected chi connectivity index (χ4v) is 1.40. The zero-order valence-corrected chi connectivity index (χ0v) is 10.00. The van der Waals surface area contributed by atoms with Crippen molar-refractivity contribution in [3.05, 3.63) is 29.6 Å². The van der Waals surface area contributed by atoms with Crippen molar-refractivity contribution in [1.82, 2.24) is 5.32 Å². The van der Waals surface area contributed by atoms with Gasteiger partial charge >= 0.3 is 0 Å². The van der Waals surface area contributed by atoms with Crippen molar-refractivity contribution in [2.45, 2.75) is 19.4 Å². The van der Waals surface area contributed by atoms with E-state index in [1.165, 1.54) is 19.2 Å². The number of carbonyl (C=O) groups excluding carboxylic acids is 1. The van der Waals surface area contributed by atoms with Gasteiger partial charge in [0.15, 0.2) is 11.6 Å². The Bertz CT molecular complexity index is 392. The van der Waals surface area contributed by atoms with Crippen molar-refractivity contribution in [3.8, 4) is 5.75 Å². The molecular weight excluding hydrogens is 223 g/mol. The zero-order valence-electron chi connectivity index (χ0n) is 10.00. The minimum absolute atomic E-state index is 0.0901. The van der Waals surface area contributed by atoms with Crippen LogP contribution in [0.25, 0.3) is 0 Å². The molecule has 0 saturated carbocycles. The number of methoxy groups -OCH3 is 1. The van der Waals surface area contributed by atoms with Gasteiger partial charge in [-0.3, -0.25) is 4.79 Å². The van der Waals surface area contributed by atoms with Gasteiger partial charge in [-0.1, -0.05) is 6.92 Å². The molecule has 0 fully saturated rings. The molecular formula is C12H17FN2O2. The summed E-state index contributed by atoms with van der Waals surface area (Å²) in [6, 6.07) is 4.00. The molecule has 94 valence electrons. The summed E-state index contributed by atoms with van der Waals surface area (Å²) in [4.78, 5) is 11.8. The second-order valence-electron chi connectivity index (χ2n) is 3.66. The molecule has 0 spiro atoms. The van der Waals surface area contributed by atoms with E-state index in [0.29, 0.717) is 6.54 Å². The van der Waals surface area contributed by atoms with Crippen LogP contribution in [0.5, 0.6) is 5.75 Å². The molecule has 17 heavy (non-hydrogen) atoms. The number of benzene rings is 1. The highest BCUT2D eigenvalue weighted by Gasteiger charge is 2.13. The summed E-state index contributed by atoms with van der Waals surface area (Å²) >= 11 is 0. The maximum atomic E-state index is 13.4. The number of ether oxygens (including phenoxy) is 1. The van der Waals surface area contributed by atoms with Gasteiger partial charge in [0, 0.05) is 18.2 Å². The lowest BCUT2D eigenvalue weighted by Gasteiger charge is -2.14. The molecule has 1 atom stereocenters. The Morgan fingerprint density at radius 2 is 2.29 bits per heavy atom. The number of hydrogen-bond acceptors (Lipinski definition) is 3. The van der Waals surface area contributed by atoms with Crippen molar-refractivity contribution in [3.63, 3.8) is 0 Å². The molecule has 4 nitrogen and oxygen atoms in total. The lowest BCUT2D eigenvalue weighted by molar-refractivity contribution is 0.0936. The van der Waals surface area contributed by atoms with Gasteiger partial charge in [-0.2, -0.15) is 0 Å². The lowest BCUT2D eigenvalue weighted by Crippen LogP contribution is -2.39. The first kappa shape index (κ1) is 13.4. The van der Waals surface area contributed by atoms with E-state index in [1.807, 2.05) is 6.92 Å². The van der Waals surface area contributed by atoms with Gasteiger partial charge in [0.2, 0.25) is 0 Å². The van der Waals surface area contributed by atoms with Gasteiger partial charge < -0.3 is 15.8 Å². The standard InChI is InChI=1S/C12H17FN2O2/c1-3-9(7-14)15-12(16)8-4-5-11(17-2)10(13)6-8/h4-6,9H,3,7,14H2,1-2H3,(H,15,16). The van der Waals surface area contributed by atoms with Gasteiger partial charge in [-0.25, -0.2) is 4.39 Å². The van der Waals surface area contributed by atoms with Crippen LogP contribution in [0, 0.1) is 5.82 Å². The predicted octanol–water partition coefficient (Wildman–Crippen LogP) is 1.30. The van der Waals surface area contributed by atoms with Crippen molar-refractivity contribution in [2.75, 3.05) is 13.7 Å². The van der Waals surface area contributed by atoms with Gasteiger partial charge in [-0.05, 0) is 24.6 Å². The number of nitrogens with one attached hydrogen (secondary N) is 1. The summed E-state index contributed by atoms with van der Waals surface area (Å²) in [5.41, 5.74) is 5.74. The maximum absolute atomic E-state index is 13.4. The third-order valence-electron chi connectivity index (χ3n) is 2.53. The second-order valence-corrected chi connectivity index (χ2v) is 3.66. The van der Waals surface area contributed by atoms with Crippen LogP contribution < -0.4 is 15.8 Å². The summed E-state index contributed by atoms with van der Waals surface area (Å²) in [6.45, 7) is 2.29. The molecule has 0 heterocycles. The predicted molar refractivity (Wildman–Crippen MR) is 63.6 cm³/mol. The molecule has 0 aliphatic carbocycles. The molecule has 0 radical (unpaired) electrons. The van der Waals surface area contributed by atoms with Crippen LogP contribution in [-0.4, -0.2) is 25.6 Å². The molecule has 0 aromatic heterocycles. The molecule has 5 heteroatoms. The van der Waals surface area contributed by atoms with Crippen LogP contribution in [0.4, 0.5) is 4.39 Å². The van der Waals surface area contributed by atoms with Crippen LogP contribution in [0.1, 0.15) is 23.7 Å². The van der Waals surface area contributed by atoms with Crippen molar-refractivity contribution < 1.29 is 13.9 Å². The number of hydrogen-bond donors (Lipinski definition) is 2. The van der Waals surface area contributed by atoms with E-state index in [9.17, 15) is 9.18 Å². The molecule has 0 saturated heterocycles.